The molecule has 0 aliphatic rings. The molecule has 0 fully saturated rings. The van der Waals surface area contributed by atoms with Gasteiger partial charge in [0.1, 0.15) is 0 Å². The van der Waals surface area contributed by atoms with Crippen LogP contribution in [0, 0.1) is 0 Å². The molecule has 9 heavy (non-hydrogen) atoms. The summed E-state index contributed by atoms with van der Waals surface area (Å²) in [6.07, 6.45) is 9.22. The third-order valence-electron chi connectivity index (χ3n) is 1.22. The van der Waals surface area contributed by atoms with Crippen molar-refractivity contribution in [3.05, 3.63) is 12.2 Å². The molecular weight excluding hydrogens is 110 g/mol. The van der Waals surface area contributed by atoms with E-state index in [9.17, 15) is 0 Å². The Bertz CT molecular complexity index is 67.0. The van der Waals surface area contributed by atoms with E-state index in [0.29, 0.717) is 0 Å². The minimum absolute atomic E-state index is 0.780. The van der Waals surface area contributed by atoms with Crippen LogP contribution in [0.15, 0.2) is 12.2 Å². The molecule has 0 aliphatic carbocycles. The van der Waals surface area contributed by atoms with Crippen molar-refractivity contribution in [3.8, 4) is 0 Å². The minimum atomic E-state index is 0.780. The lowest BCUT2D eigenvalue weighted by Gasteiger charge is -1.87. The molecule has 1 nitrogen and oxygen atoms in total. The fourth-order valence-corrected chi connectivity index (χ4v) is 0.654. The minimum Gasteiger partial charge on any atom is -0.330 e. The zero-order valence-corrected chi connectivity index (χ0v) is 6.27. The second kappa shape index (κ2) is 7.70. The van der Waals surface area contributed by atoms with Crippen LogP contribution in [-0.4, -0.2) is 6.54 Å². The van der Waals surface area contributed by atoms with Gasteiger partial charge in [0.2, 0.25) is 0 Å². The number of rotatable bonds is 5. The van der Waals surface area contributed by atoms with Crippen molar-refractivity contribution in [2.75, 3.05) is 6.54 Å². The number of hydrogen-bond donors (Lipinski definition) is 1. The predicted octanol–water partition coefficient (Wildman–Crippen LogP) is 2.08. The standard InChI is InChI=1S/C8H17N/c1-2-3-4-5-6-7-8-9/h5-6H,2-4,7-9H2,1H3/b6-5+. The maximum atomic E-state index is 5.29. The molecule has 1 heteroatoms. The molecule has 54 valence electrons. The summed E-state index contributed by atoms with van der Waals surface area (Å²) in [7, 11) is 0. The van der Waals surface area contributed by atoms with E-state index in [1.807, 2.05) is 0 Å². The Morgan fingerprint density at radius 3 is 2.44 bits per heavy atom. The highest BCUT2D eigenvalue weighted by Crippen LogP contribution is 1.94. The van der Waals surface area contributed by atoms with Gasteiger partial charge in [-0.3, -0.25) is 0 Å². The highest BCUT2D eigenvalue weighted by atomic mass is 14.5. The van der Waals surface area contributed by atoms with Crippen LogP contribution in [0.1, 0.15) is 32.6 Å². The van der Waals surface area contributed by atoms with Crippen LogP contribution >= 0.6 is 0 Å². The van der Waals surface area contributed by atoms with Crippen molar-refractivity contribution in [3.63, 3.8) is 0 Å². The summed E-state index contributed by atoms with van der Waals surface area (Å²) in [5.41, 5.74) is 5.29. The van der Waals surface area contributed by atoms with Gasteiger partial charge in [-0.2, -0.15) is 0 Å². The number of unbranched alkanes of at least 4 members (excludes halogenated alkanes) is 2. The van der Waals surface area contributed by atoms with Gasteiger partial charge in [0.25, 0.3) is 0 Å². The Hall–Kier alpha value is -0.300. The van der Waals surface area contributed by atoms with Gasteiger partial charge >= 0.3 is 0 Å². The van der Waals surface area contributed by atoms with E-state index >= 15 is 0 Å². The van der Waals surface area contributed by atoms with Gasteiger partial charge in [-0.05, 0) is 19.4 Å². The Balaban J connectivity index is 2.86. The Labute approximate surface area is 57.9 Å². The number of hydrogen-bond acceptors (Lipinski definition) is 1. The molecule has 0 rings (SSSR count). The molecule has 0 aromatic rings. The second-order valence-electron chi connectivity index (χ2n) is 2.19. The maximum Gasteiger partial charge on any atom is -0.00426 e. The summed E-state index contributed by atoms with van der Waals surface area (Å²) in [5.74, 6) is 0. The van der Waals surface area contributed by atoms with Crippen LogP contribution < -0.4 is 5.73 Å². The zero-order valence-electron chi connectivity index (χ0n) is 6.27. The van der Waals surface area contributed by atoms with E-state index in [1.54, 1.807) is 0 Å². The quantitative estimate of drug-likeness (QED) is 0.444. The van der Waals surface area contributed by atoms with E-state index in [2.05, 4.69) is 19.1 Å². The lowest BCUT2D eigenvalue weighted by atomic mass is 10.2. The highest BCUT2D eigenvalue weighted by molar-refractivity contribution is 4.81. The van der Waals surface area contributed by atoms with Crippen LogP contribution in [0.2, 0.25) is 0 Å². The molecule has 0 heterocycles. The second-order valence-corrected chi connectivity index (χ2v) is 2.19. The van der Waals surface area contributed by atoms with Crippen LogP contribution in [0.4, 0.5) is 0 Å². The van der Waals surface area contributed by atoms with E-state index in [1.165, 1.54) is 19.3 Å². The van der Waals surface area contributed by atoms with Gasteiger partial charge in [-0.25, -0.2) is 0 Å². The van der Waals surface area contributed by atoms with Gasteiger partial charge in [0, 0.05) is 0 Å². The molecule has 0 aromatic carbocycles. The first-order valence-electron chi connectivity index (χ1n) is 3.77. The van der Waals surface area contributed by atoms with Crippen LogP contribution in [0.25, 0.3) is 0 Å². The lowest BCUT2D eigenvalue weighted by Crippen LogP contribution is -1.94. The molecule has 0 aliphatic heterocycles. The van der Waals surface area contributed by atoms with Crippen molar-refractivity contribution in [1.29, 1.82) is 0 Å². The van der Waals surface area contributed by atoms with Crippen molar-refractivity contribution < 1.29 is 0 Å². The van der Waals surface area contributed by atoms with E-state index in [0.717, 1.165) is 13.0 Å². The topological polar surface area (TPSA) is 26.0 Å². The van der Waals surface area contributed by atoms with Gasteiger partial charge in [-0.15, -0.1) is 0 Å². The molecule has 0 atom stereocenters. The first kappa shape index (κ1) is 8.70. The van der Waals surface area contributed by atoms with Crippen LogP contribution in [0.3, 0.4) is 0 Å². The van der Waals surface area contributed by atoms with Crippen molar-refractivity contribution in [2.24, 2.45) is 5.73 Å². The van der Waals surface area contributed by atoms with Crippen LogP contribution in [0.5, 0.6) is 0 Å². The third-order valence-corrected chi connectivity index (χ3v) is 1.22. The molecule has 0 aromatic heterocycles. The molecule has 0 saturated heterocycles. The third kappa shape index (κ3) is 7.70. The molecular formula is C8H17N. The highest BCUT2D eigenvalue weighted by Gasteiger charge is 1.76. The molecule has 0 radical (unpaired) electrons. The summed E-state index contributed by atoms with van der Waals surface area (Å²) >= 11 is 0. The normalized spacial score (nSPS) is 10.9. The molecule has 0 amide bonds. The van der Waals surface area contributed by atoms with Gasteiger partial charge in [-0.1, -0.05) is 31.9 Å². The Morgan fingerprint density at radius 2 is 1.89 bits per heavy atom. The predicted molar refractivity (Wildman–Crippen MR) is 42.3 cm³/mol. The summed E-state index contributed by atoms with van der Waals surface area (Å²) in [5, 5.41) is 0. The van der Waals surface area contributed by atoms with Gasteiger partial charge in [0.15, 0.2) is 0 Å². The summed E-state index contributed by atoms with van der Waals surface area (Å²) in [4.78, 5) is 0. The largest absolute Gasteiger partial charge is 0.330 e. The Kier molecular flexibility index (Phi) is 7.44. The summed E-state index contributed by atoms with van der Waals surface area (Å²) in [6.45, 7) is 2.99. The van der Waals surface area contributed by atoms with Crippen LogP contribution in [-0.2, 0) is 0 Å². The average molecular weight is 127 g/mol. The zero-order chi connectivity index (χ0) is 6.95. The first-order chi connectivity index (χ1) is 4.41. The lowest BCUT2D eigenvalue weighted by molar-refractivity contribution is 0.811. The van der Waals surface area contributed by atoms with E-state index in [-0.39, 0.29) is 0 Å². The molecule has 2 N–H and O–H groups in total. The molecule has 0 saturated carbocycles. The first-order valence-corrected chi connectivity index (χ1v) is 3.77. The molecule has 0 spiro atoms. The molecule has 0 bridgehead atoms. The summed E-state index contributed by atoms with van der Waals surface area (Å²) < 4.78 is 0. The fraction of sp³-hybridized carbons (Fsp3) is 0.750. The SMILES string of the molecule is CCCC/C=C/CCN. The van der Waals surface area contributed by atoms with E-state index in [4.69, 9.17) is 5.73 Å². The number of nitrogens with two attached hydrogens (primary N) is 1. The monoisotopic (exact) mass is 127 g/mol. The number of allylic oxidation sites excluding steroid dienone is 1. The van der Waals surface area contributed by atoms with Gasteiger partial charge in [0.05, 0.1) is 0 Å². The van der Waals surface area contributed by atoms with Crippen molar-refractivity contribution in [2.45, 2.75) is 32.6 Å². The molecule has 0 unspecified atom stereocenters. The smallest absolute Gasteiger partial charge is 0.00426 e. The Morgan fingerprint density at radius 1 is 1.22 bits per heavy atom. The van der Waals surface area contributed by atoms with Gasteiger partial charge < -0.3 is 5.73 Å². The van der Waals surface area contributed by atoms with Crippen molar-refractivity contribution in [1.82, 2.24) is 0 Å². The van der Waals surface area contributed by atoms with E-state index < -0.39 is 0 Å². The summed E-state index contributed by atoms with van der Waals surface area (Å²) in [6, 6.07) is 0. The fourth-order valence-electron chi connectivity index (χ4n) is 0.654. The van der Waals surface area contributed by atoms with Crippen molar-refractivity contribution >= 4 is 0 Å². The average Bonchev–Trinajstić information content (AvgIpc) is 1.89. The maximum absolute atomic E-state index is 5.29.